The van der Waals surface area contributed by atoms with Gasteiger partial charge in [-0.05, 0) is 0 Å². The molecule has 5 heteroatoms. The zero-order valence-corrected chi connectivity index (χ0v) is 11.4. The lowest BCUT2D eigenvalue weighted by atomic mass is 10.4. The molecule has 3 nitrogen and oxygen atoms in total. The van der Waals surface area contributed by atoms with Gasteiger partial charge in [-0.3, -0.25) is 0 Å². The highest BCUT2D eigenvalue weighted by molar-refractivity contribution is 8.21. The van der Waals surface area contributed by atoms with E-state index < -0.39 is 6.19 Å². The molecule has 0 aliphatic heterocycles. The molecule has 0 aliphatic carbocycles. The third-order valence-electron chi connectivity index (χ3n) is 2.47. The molecule has 0 saturated carbocycles. The van der Waals surface area contributed by atoms with Crippen molar-refractivity contribution in [3.05, 3.63) is 60.7 Å². The van der Waals surface area contributed by atoms with Crippen LogP contribution in [0.3, 0.4) is 0 Å². The highest BCUT2D eigenvalue weighted by atomic mass is 32.4. The Bertz CT molecular complexity index is 549. The molecule has 0 amide bonds. The van der Waals surface area contributed by atoms with Crippen molar-refractivity contribution in [2.45, 2.75) is 0 Å². The predicted octanol–water partition coefficient (Wildman–Crippen LogP) is 1.31. The molecule has 18 heavy (non-hydrogen) atoms. The third kappa shape index (κ3) is 2.61. The Balaban J connectivity index is 2.63. The van der Waals surface area contributed by atoms with E-state index in [1.807, 2.05) is 60.7 Å². The van der Waals surface area contributed by atoms with E-state index in [0.717, 1.165) is 10.6 Å². The molecule has 0 unspecified atom stereocenters. The number of nitrogens with two attached hydrogens (primary N) is 2. The molecule has 4 N–H and O–H groups in total. The average Bonchev–Trinajstić information content (AvgIpc) is 2.40. The van der Waals surface area contributed by atoms with Crippen LogP contribution in [0.1, 0.15) is 0 Å². The molecule has 0 bridgehead atoms. The van der Waals surface area contributed by atoms with Crippen LogP contribution in [0, 0.1) is 0 Å². The third-order valence-corrected chi connectivity index (χ3v) is 6.49. The molecule has 0 spiro atoms. The van der Waals surface area contributed by atoms with Crippen LogP contribution >= 0.6 is 6.19 Å². The number of hydrogen-bond acceptors (Lipinski definition) is 1. The molecule has 0 heterocycles. The van der Waals surface area contributed by atoms with Gasteiger partial charge in [-0.25, -0.2) is 4.76 Å². The van der Waals surface area contributed by atoms with E-state index >= 15 is 0 Å². The van der Waals surface area contributed by atoms with Gasteiger partial charge in [0.15, 0.2) is 5.96 Å². The maximum Gasteiger partial charge on any atom is 0.190 e. The Morgan fingerprint density at radius 3 is 1.56 bits per heavy atom. The maximum absolute atomic E-state index is 5.77. The van der Waals surface area contributed by atoms with E-state index in [4.69, 9.17) is 23.3 Å². The minimum absolute atomic E-state index is 0.0334. The van der Waals surface area contributed by atoms with Crippen molar-refractivity contribution in [3.8, 4) is 0 Å². The summed E-state index contributed by atoms with van der Waals surface area (Å²) < 4.78 is 4.35. The Morgan fingerprint density at radius 1 is 0.833 bits per heavy atom. The Labute approximate surface area is 112 Å². The van der Waals surface area contributed by atoms with Gasteiger partial charge in [-0.1, -0.05) is 72.5 Å². The number of hydrogen-bond donors (Lipinski definition) is 2. The summed E-state index contributed by atoms with van der Waals surface area (Å²) in [6.07, 6.45) is -2.31. The van der Waals surface area contributed by atoms with Gasteiger partial charge in [-0.2, -0.15) is 0 Å². The lowest BCUT2D eigenvalue weighted by molar-refractivity contribution is 1.53. The SMILES string of the molecule is NC(N)=NP(=S)(c1ccccc1)c1ccccc1. The minimum atomic E-state index is -2.31. The number of rotatable bonds is 3. The second kappa shape index (κ2) is 5.34. The van der Waals surface area contributed by atoms with Crippen LogP contribution in [0.15, 0.2) is 65.4 Å². The van der Waals surface area contributed by atoms with Crippen LogP contribution < -0.4 is 22.1 Å². The molecule has 2 aromatic rings. The predicted molar refractivity (Wildman–Crippen MR) is 82.2 cm³/mol. The topological polar surface area (TPSA) is 64.4 Å². The van der Waals surface area contributed by atoms with Crippen molar-refractivity contribution in [2.24, 2.45) is 16.2 Å². The molecule has 0 radical (unpaired) electrons. The van der Waals surface area contributed by atoms with Crippen LogP contribution in [0.5, 0.6) is 0 Å². The first-order valence-corrected chi connectivity index (χ1v) is 8.21. The van der Waals surface area contributed by atoms with Gasteiger partial charge in [0.2, 0.25) is 0 Å². The second-order valence-corrected chi connectivity index (χ2v) is 7.74. The van der Waals surface area contributed by atoms with Gasteiger partial charge in [0.05, 0.1) is 0 Å². The zero-order valence-electron chi connectivity index (χ0n) is 9.73. The van der Waals surface area contributed by atoms with Gasteiger partial charge in [-0.15, -0.1) is 0 Å². The van der Waals surface area contributed by atoms with Crippen molar-refractivity contribution in [2.75, 3.05) is 0 Å². The normalized spacial score (nSPS) is 10.9. The van der Waals surface area contributed by atoms with Crippen LogP contribution in [0.2, 0.25) is 0 Å². The zero-order chi connectivity index (χ0) is 13.0. The Kier molecular flexibility index (Phi) is 3.80. The average molecular weight is 275 g/mol. The van der Waals surface area contributed by atoms with E-state index in [2.05, 4.69) is 4.76 Å². The molecule has 92 valence electrons. The molecule has 0 saturated heterocycles. The summed E-state index contributed by atoms with van der Waals surface area (Å²) >= 11 is 5.77. The van der Waals surface area contributed by atoms with Crippen LogP contribution in [0.25, 0.3) is 0 Å². The number of nitrogens with zero attached hydrogens (tertiary/aromatic N) is 1. The van der Waals surface area contributed by atoms with Crippen LogP contribution in [0.4, 0.5) is 0 Å². The summed E-state index contributed by atoms with van der Waals surface area (Å²) in [5.41, 5.74) is 11.1. The molecule has 2 rings (SSSR count). The van der Waals surface area contributed by atoms with Crippen LogP contribution in [-0.4, -0.2) is 5.96 Å². The number of guanidine groups is 1. The van der Waals surface area contributed by atoms with Crippen molar-refractivity contribution < 1.29 is 0 Å². The molecular formula is C13H14N3PS. The summed E-state index contributed by atoms with van der Waals surface area (Å²) in [5, 5.41) is 1.97. The monoisotopic (exact) mass is 275 g/mol. The first-order valence-electron chi connectivity index (χ1n) is 5.45. The molecule has 2 aromatic carbocycles. The molecule has 0 fully saturated rings. The van der Waals surface area contributed by atoms with E-state index in [1.54, 1.807) is 0 Å². The minimum Gasteiger partial charge on any atom is -0.370 e. The Hall–Kier alpha value is -1.64. The van der Waals surface area contributed by atoms with E-state index in [9.17, 15) is 0 Å². The number of benzene rings is 2. The van der Waals surface area contributed by atoms with E-state index in [-0.39, 0.29) is 5.96 Å². The lowest BCUT2D eigenvalue weighted by Crippen LogP contribution is -2.25. The van der Waals surface area contributed by atoms with Crippen molar-refractivity contribution in [1.82, 2.24) is 0 Å². The smallest absolute Gasteiger partial charge is 0.190 e. The molecule has 0 atom stereocenters. The highest BCUT2D eigenvalue weighted by Gasteiger charge is 2.21. The van der Waals surface area contributed by atoms with Gasteiger partial charge in [0, 0.05) is 10.6 Å². The first kappa shape index (κ1) is 12.8. The first-order chi connectivity index (χ1) is 8.63. The standard InChI is InChI=1S/C13H14N3PS/c14-13(15)16-17(18,11-7-3-1-4-8-11)12-9-5-2-6-10-12/h1-10H,(H4,14,15,16,18). The van der Waals surface area contributed by atoms with Crippen molar-refractivity contribution >= 4 is 34.6 Å². The molecule has 0 aromatic heterocycles. The highest BCUT2D eigenvalue weighted by Crippen LogP contribution is 2.44. The lowest BCUT2D eigenvalue weighted by Gasteiger charge is -2.18. The van der Waals surface area contributed by atoms with Gasteiger partial charge in [0.25, 0.3) is 0 Å². The van der Waals surface area contributed by atoms with E-state index in [1.165, 1.54) is 0 Å². The second-order valence-electron chi connectivity index (χ2n) is 3.77. The van der Waals surface area contributed by atoms with Crippen LogP contribution in [-0.2, 0) is 11.8 Å². The van der Waals surface area contributed by atoms with Gasteiger partial charge >= 0.3 is 0 Å². The fourth-order valence-corrected chi connectivity index (χ4v) is 4.71. The molecule has 0 aliphatic rings. The van der Waals surface area contributed by atoms with Gasteiger partial charge < -0.3 is 11.5 Å². The summed E-state index contributed by atoms with van der Waals surface area (Å²) in [6.45, 7) is 0. The fourth-order valence-electron chi connectivity index (χ4n) is 1.69. The van der Waals surface area contributed by atoms with Gasteiger partial charge in [0.1, 0.15) is 6.19 Å². The molecular weight excluding hydrogens is 261 g/mol. The Morgan fingerprint density at radius 2 is 1.22 bits per heavy atom. The maximum atomic E-state index is 5.77. The van der Waals surface area contributed by atoms with Crippen molar-refractivity contribution in [1.29, 1.82) is 0 Å². The summed E-state index contributed by atoms with van der Waals surface area (Å²) in [6, 6.07) is 19.6. The summed E-state index contributed by atoms with van der Waals surface area (Å²) in [4.78, 5) is 0. The largest absolute Gasteiger partial charge is 0.370 e. The fraction of sp³-hybridized carbons (Fsp3) is 0. The van der Waals surface area contributed by atoms with Crippen molar-refractivity contribution in [3.63, 3.8) is 0 Å². The van der Waals surface area contributed by atoms with E-state index in [0.29, 0.717) is 0 Å². The summed E-state index contributed by atoms with van der Waals surface area (Å²) in [5.74, 6) is 0.0334. The summed E-state index contributed by atoms with van der Waals surface area (Å²) in [7, 11) is 0. The quantitative estimate of drug-likeness (QED) is 0.504.